The first-order valence-corrected chi connectivity index (χ1v) is 15.0. The van der Waals surface area contributed by atoms with Gasteiger partial charge in [-0.05, 0) is 70.7 Å². The second kappa shape index (κ2) is 10.3. The average Bonchev–Trinajstić information content (AvgIpc) is 3.59. The maximum atomic E-state index is 15.4. The van der Waals surface area contributed by atoms with Crippen LogP contribution < -0.4 is 0 Å². The SMILES string of the molecule is CCCCOC1=NOC2(C)C1C(=O)[C@@]1(O)C(=O)C3=C(O)c4c(cc(F)c(C(=O)N5CCCC5)c4O)C[C@H]3C[C@H]1[C@@H]2N(C)C. The maximum absolute atomic E-state index is 15.4. The third-order valence-electron chi connectivity index (χ3n) is 10.0. The Balaban J connectivity index is 1.45. The van der Waals surface area contributed by atoms with Gasteiger partial charge in [-0.3, -0.25) is 14.4 Å². The van der Waals surface area contributed by atoms with Crippen molar-refractivity contribution in [3.8, 4) is 5.75 Å². The van der Waals surface area contributed by atoms with Crippen molar-refractivity contribution in [1.82, 2.24) is 9.80 Å². The van der Waals surface area contributed by atoms with Gasteiger partial charge in [-0.25, -0.2) is 4.39 Å². The van der Waals surface area contributed by atoms with E-state index in [0.717, 1.165) is 25.3 Å². The number of hydrogen-bond acceptors (Lipinski definition) is 10. The number of oxime groups is 1. The van der Waals surface area contributed by atoms with E-state index in [1.54, 1.807) is 25.9 Å². The molecular weight excluding hydrogens is 561 g/mol. The first-order chi connectivity index (χ1) is 20.4. The molecule has 1 saturated heterocycles. The van der Waals surface area contributed by atoms with Gasteiger partial charge in [0.2, 0.25) is 11.7 Å². The third kappa shape index (κ3) is 4.05. The van der Waals surface area contributed by atoms with Gasteiger partial charge in [-0.15, -0.1) is 0 Å². The van der Waals surface area contributed by atoms with Gasteiger partial charge < -0.3 is 34.7 Å². The van der Waals surface area contributed by atoms with Crippen molar-refractivity contribution in [1.29, 1.82) is 0 Å². The summed E-state index contributed by atoms with van der Waals surface area (Å²) in [6.07, 6.45) is 3.19. The number of benzene rings is 1. The number of carbonyl (C=O) groups excluding carboxylic acids is 3. The van der Waals surface area contributed by atoms with Crippen LogP contribution in [0.15, 0.2) is 16.8 Å². The fourth-order valence-electron chi connectivity index (χ4n) is 8.10. The van der Waals surface area contributed by atoms with Crippen molar-refractivity contribution in [2.45, 2.75) is 69.6 Å². The van der Waals surface area contributed by atoms with Gasteiger partial charge >= 0.3 is 0 Å². The Morgan fingerprint density at radius 3 is 2.60 bits per heavy atom. The average molecular weight is 600 g/mol. The Kier molecular flexibility index (Phi) is 7.08. The molecule has 2 saturated carbocycles. The minimum Gasteiger partial charge on any atom is -0.507 e. The summed E-state index contributed by atoms with van der Waals surface area (Å²) in [5.41, 5.74) is -4.58. The molecule has 2 aliphatic heterocycles. The molecule has 1 aromatic rings. The van der Waals surface area contributed by atoms with Crippen LogP contribution in [0.2, 0.25) is 0 Å². The minimum absolute atomic E-state index is 0.0000219. The number of rotatable bonds is 5. The third-order valence-corrected chi connectivity index (χ3v) is 10.0. The van der Waals surface area contributed by atoms with Crippen LogP contribution in [0.4, 0.5) is 4.39 Å². The number of aliphatic hydroxyl groups excluding tert-OH is 1. The Morgan fingerprint density at radius 2 is 1.95 bits per heavy atom. The molecule has 3 fully saturated rings. The van der Waals surface area contributed by atoms with Crippen LogP contribution in [0.1, 0.15) is 67.4 Å². The number of ketones is 2. The number of halogens is 1. The van der Waals surface area contributed by atoms with Crippen LogP contribution >= 0.6 is 0 Å². The number of fused-ring (bicyclic) bond motifs is 4. The number of nitrogens with zero attached hydrogens (tertiary/aromatic N) is 3. The van der Waals surface area contributed by atoms with Crippen molar-refractivity contribution in [2.24, 2.45) is 22.9 Å². The molecule has 3 N–H and O–H groups in total. The molecule has 6 rings (SSSR count). The molecule has 0 spiro atoms. The van der Waals surface area contributed by atoms with Crippen LogP contribution in [0.5, 0.6) is 5.75 Å². The lowest BCUT2D eigenvalue weighted by atomic mass is 9.51. The van der Waals surface area contributed by atoms with Gasteiger partial charge in [-0.2, -0.15) is 0 Å². The highest BCUT2D eigenvalue weighted by atomic mass is 19.1. The monoisotopic (exact) mass is 599 g/mol. The van der Waals surface area contributed by atoms with Gasteiger partial charge in [-0.1, -0.05) is 18.5 Å². The van der Waals surface area contributed by atoms with Crippen LogP contribution in [-0.2, 0) is 25.6 Å². The molecule has 232 valence electrons. The molecule has 0 radical (unpaired) electrons. The van der Waals surface area contributed by atoms with Gasteiger partial charge in [0, 0.05) is 24.6 Å². The molecule has 2 unspecified atom stereocenters. The Hall–Kier alpha value is -3.51. The van der Waals surface area contributed by atoms with Gasteiger partial charge in [0.1, 0.15) is 28.8 Å². The zero-order valence-corrected chi connectivity index (χ0v) is 24.9. The lowest BCUT2D eigenvalue weighted by molar-refractivity contribution is -0.197. The number of aliphatic hydroxyl groups is 2. The number of aromatic hydroxyl groups is 1. The van der Waals surface area contributed by atoms with Crippen LogP contribution in [0, 0.1) is 23.6 Å². The number of phenolic OH excluding ortho intramolecular Hbond substituents is 1. The van der Waals surface area contributed by atoms with Crippen LogP contribution in [0.25, 0.3) is 5.76 Å². The van der Waals surface area contributed by atoms with Gasteiger partial charge in [0.05, 0.1) is 18.2 Å². The first kappa shape index (κ1) is 29.6. The smallest absolute Gasteiger partial charge is 0.260 e. The standard InChI is InChI=1S/C31H38FN3O8/c1-5-6-11-42-28-22-27(39)31(41)17(25(34(3)4)30(22,2)43-33-28)13-15-12-16-14-18(32)21(29(40)35-9-7-8-10-35)24(37)19(16)23(36)20(15)26(31)38/h14-15,17,22,25,36-37,41H,5-13H2,1-4H3/t15-,17-,22?,25-,30?,31-/m0/s1. The predicted molar refractivity (Wildman–Crippen MR) is 152 cm³/mol. The van der Waals surface area contributed by atoms with E-state index in [2.05, 4.69) is 5.16 Å². The highest BCUT2D eigenvalue weighted by Crippen LogP contribution is 2.56. The minimum atomic E-state index is -2.55. The predicted octanol–water partition coefficient (Wildman–Crippen LogP) is 2.58. The second-order valence-electron chi connectivity index (χ2n) is 12.8. The lowest BCUT2D eigenvalue weighted by Gasteiger charge is -2.56. The van der Waals surface area contributed by atoms with E-state index < -0.39 is 75.4 Å². The van der Waals surface area contributed by atoms with E-state index in [9.17, 15) is 29.7 Å². The summed E-state index contributed by atoms with van der Waals surface area (Å²) >= 11 is 0. The maximum Gasteiger partial charge on any atom is 0.260 e. The topological polar surface area (TPSA) is 149 Å². The molecule has 0 bridgehead atoms. The number of amides is 1. The van der Waals surface area contributed by atoms with E-state index in [0.29, 0.717) is 19.5 Å². The van der Waals surface area contributed by atoms with Crippen molar-refractivity contribution in [3.05, 3.63) is 34.1 Å². The Labute approximate surface area is 248 Å². The molecule has 5 aliphatic rings. The number of likely N-dealkylation sites (tertiary alicyclic amines) is 1. The molecule has 43 heavy (non-hydrogen) atoms. The molecule has 3 aliphatic carbocycles. The summed E-state index contributed by atoms with van der Waals surface area (Å²) in [7, 11) is 3.52. The van der Waals surface area contributed by atoms with E-state index in [1.165, 1.54) is 4.90 Å². The number of ether oxygens (including phenoxy) is 1. The lowest BCUT2D eigenvalue weighted by Crippen LogP contribution is -2.76. The van der Waals surface area contributed by atoms with Crippen LogP contribution in [0.3, 0.4) is 0 Å². The summed E-state index contributed by atoms with van der Waals surface area (Å²) in [5.74, 6) is -7.65. The fraction of sp³-hybridized carbons (Fsp3) is 0.613. The van der Waals surface area contributed by atoms with Crippen molar-refractivity contribution in [2.75, 3.05) is 33.8 Å². The van der Waals surface area contributed by atoms with Crippen molar-refractivity contribution in [3.63, 3.8) is 0 Å². The largest absolute Gasteiger partial charge is 0.507 e. The molecule has 0 aromatic heterocycles. The number of Topliss-reactive ketones (excluding diaryl/α,β-unsaturated/α-hetero) is 2. The molecule has 11 nitrogen and oxygen atoms in total. The quantitative estimate of drug-likeness (QED) is 0.343. The highest BCUT2D eigenvalue weighted by Gasteiger charge is 2.74. The Morgan fingerprint density at radius 1 is 1.26 bits per heavy atom. The molecule has 1 aromatic carbocycles. The summed E-state index contributed by atoms with van der Waals surface area (Å²) in [6.45, 7) is 4.82. The van der Waals surface area contributed by atoms with E-state index >= 15 is 4.39 Å². The zero-order chi connectivity index (χ0) is 31.0. The highest BCUT2D eigenvalue weighted by molar-refractivity contribution is 6.25. The summed E-state index contributed by atoms with van der Waals surface area (Å²) < 4.78 is 21.2. The molecule has 2 heterocycles. The van der Waals surface area contributed by atoms with Crippen LogP contribution in [-0.4, -0.2) is 99.5 Å². The molecular formula is C31H38FN3O8. The van der Waals surface area contributed by atoms with E-state index in [4.69, 9.17) is 9.57 Å². The number of hydrogen-bond donors (Lipinski definition) is 3. The number of likely N-dealkylation sites (N-methyl/N-ethyl adjacent to an activating group) is 1. The van der Waals surface area contributed by atoms with E-state index in [-0.39, 0.29) is 42.0 Å². The molecule has 12 heteroatoms. The van der Waals surface area contributed by atoms with Crippen molar-refractivity contribution >= 4 is 29.1 Å². The number of unbranched alkanes of at least 4 members (excludes halogenated alkanes) is 1. The van der Waals surface area contributed by atoms with Gasteiger partial charge in [0.15, 0.2) is 17.0 Å². The summed E-state index contributed by atoms with van der Waals surface area (Å²) in [5, 5.41) is 39.0. The molecule has 1 amide bonds. The zero-order valence-electron chi connectivity index (χ0n) is 24.9. The van der Waals surface area contributed by atoms with Crippen molar-refractivity contribution < 1.29 is 43.7 Å². The van der Waals surface area contributed by atoms with E-state index in [1.807, 2.05) is 6.92 Å². The summed E-state index contributed by atoms with van der Waals surface area (Å²) in [4.78, 5) is 50.8. The van der Waals surface area contributed by atoms with Gasteiger partial charge in [0.25, 0.3) is 5.91 Å². The fourth-order valence-corrected chi connectivity index (χ4v) is 8.10. The first-order valence-electron chi connectivity index (χ1n) is 15.0. The summed E-state index contributed by atoms with van der Waals surface area (Å²) in [6, 6.07) is 0.452. The number of carbonyl (C=O) groups is 3. The normalized spacial score (nSPS) is 33.1. The second-order valence-corrected chi connectivity index (χ2v) is 12.8. The molecule has 6 atom stereocenters. The Bertz CT molecular complexity index is 1470. The number of phenols is 1.